The number of hydrogen-bond donors (Lipinski definition) is 3. The van der Waals surface area contributed by atoms with Crippen LogP contribution in [0.5, 0.6) is 0 Å². The van der Waals surface area contributed by atoms with E-state index in [0.717, 1.165) is 24.8 Å². The smallest absolute Gasteiger partial charge is 0.248 e. The van der Waals surface area contributed by atoms with Crippen molar-refractivity contribution in [2.75, 3.05) is 18.5 Å². The van der Waals surface area contributed by atoms with E-state index in [1.165, 1.54) is 0 Å². The maximum absolute atomic E-state index is 14.1. The van der Waals surface area contributed by atoms with E-state index in [1.54, 1.807) is 40.9 Å². The van der Waals surface area contributed by atoms with Gasteiger partial charge in [-0.25, -0.2) is 0 Å². The molecule has 10 heteroatoms. The van der Waals surface area contributed by atoms with Crippen molar-refractivity contribution in [1.82, 2.24) is 10.2 Å². The van der Waals surface area contributed by atoms with Gasteiger partial charge in [0.25, 0.3) is 0 Å². The van der Waals surface area contributed by atoms with Crippen molar-refractivity contribution in [3.8, 4) is 0 Å². The molecule has 1 spiro atoms. The Morgan fingerprint density at radius 1 is 1.05 bits per heavy atom. The predicted molar refractivity (Wildman–Crippen MR) is 158 cm³/mol. The zero-order chi connectivity index (χ0) is 27.6. The first-order chi connectivity index (χ1) is 18.9. The largest absolute Gasteiger partial charge is 0.396 e. The molecular weight excluding hydrogens is 602 g/mol. The summed E-state index contributed by atoms with van der Waals surface area (Å²) in [5.41, 5.74) is 1.61. The summed E-state index contributed by atoms with van der Waals surface area (Å²) in [7, 11) is 0. The fourth-order valence-electron chi connectivity index (χ4n) is 6.36. The number of benzene rings is 2. The second-order valence-corrected chi connectivity index (χ2v) is 13.7. The molecule has 0 aromatic heterocycles. The predicted octanol–water partition coefficient (Wildman–Crippen LogP) is 4.61. The van der Waals surface area contributed by atoms with Gasteiger partial charge >= 0.3 is 0 Å². The Bertz CT molecular complexity index is 1200. The summed E-state index contributed by atoms with van der Waals surface area (Å²) in [5, 5.41) is 15.7. The maximum Gasteiger partial charge on any atom is 0.248 e. The van der Waals surface area contributed by atoms with E-state index in [4.69, 9.17) is 16.7 Å². The molecule has 3 fully saturated rings. The van der Waals surface area contributed by atoms with Gasteiger partial charge in [0.15, 0.2) is 0 Å². The number of anilines is 1. The fourth-order valence-corrected chi connectivity index (χ4v) is 10.1. The van der Waals surface area contributed by atoms with E-state index >= 15 is 0 Å². The zero-order valence-corrected chi connectivity index (χ0v) is 24.7. The van der Waals surface area contributed by atoms with Gasteiger partial charge in [-0.15, -0.1) is 11.8 Å². The molecule has 2 bridgehead atoms. The van der Waals surface area contributed by atoms with E-state index in [2.05, 4.69) is 26.6 Å². The van der Waals surface area contributed by atoms with E-state index in [1.807, 2.05) is 30.3 Å². The Hall–Kier alpha value is -2.07. The lowest BCUT2D eigenvalue weighted by Crippen LogP contribution is -2.53. The minimum Gasteiger partial charge on any atom is -0.396 e. The van der Waals surface area contributed by atoms with Crippen LogP contribution in [0, 0.1) is 11.8 Å². The highest BCUT2D eigenvalue weighted by atomic mass is 79.9. The minimum absolute atomic E-state index is 0.0226. The molecule has 3 heterocycles. The molecule has 3 aliphatic heterocycles. The zero-order valence-electron chi connectivity index (χ0n) is 21.5. The molecule has 0 saturated carbocycles. The highest BCUT2D eigenvalue weighted by Crippen LogP contribution is 2.67. The number of aliphatic hydroxyl groups excluding tert-OH is 1. The monoisotopic (exact) mass is 633 g/mol. The molecule has 0 aliphatic carbocycles. The number of rotatable bonds is 11. The van der Waals surface area contributed by atoms with E-state index in [0.29, 0.717) is 36.6 Å². The summed E-state index contributed by atoms with van der Waals surface area (Å²) in [6, 6.07) is 16.0. The number of likely N-dealkylation sites (tertiary alicyclic amines) is 1. The lowest BCUT2D eigenvalue weighted by atomic mass is 9.70. The third-order valence-corrected chi connectivity index (χ3v) is 11.5. The van der Waals surface area contributed by atoms with Gasteiger partial charge in [-0.05, 0) is 49.1 Å². The minimum atomic E-state index is -0.689. The molecular formula is C29H33BrClN3O4S. The van der Waals surface area contributed by atoms with Gasteiger partial charge in [0.1, 0.15) is 6.04 Å². The second-order valence-electron chi connectivity index (χ2n) is 10.5. The van der Waals surface area contributed by atoms with Crippen LogP contribution in [0.1, 0.15) is 37.7 Å². The van der Waals surface area contributed by atoms with E-state index in [9.17, 15) is 14.4 Å². The van der Waals surface area contributed by atoms with Gasteiger partial charge in [-0.1, -0.05) is 70.7 Å². The topological polar surface area (TPSA) is 98.7 Å². The van der Waals surface area contributed by atoms with E-state index in [-0.39, 0.29) is 34.4 Å². The first kappa shape index (κ1) is 28.5. The second kappa shape index (κ2) is 12.2. The Kier molecular flexibility index (Phi) is 8.91. The van der Waals surface area contributed by atoms with Crippen molar-refractivity contribution in [3.63, 3.8) is 0 Å². The van der Waals surface area contributed by atoms with E-state index < -0.39 is 22.6 Å². The first-order valence-electron chi connectivity index (χ1n) is 13.5. The Labute approximate surface area is 246 Å². The van der Waals surface area contributed by atoms with Gasteiger partial charge in [-0.2, -0.15) is 0 Å². The van der Waals surface area contributed by atoms with Gasteiger partial charge < -0.3 is 20.6 Å². The molecule has 39 heavy (non-hydrogen) atoms. The van der Waals surface area contributed by atoms with Gasteiger partial charge in [-0.3, -0.25) is 14.4 Å². The fraction of sp³-hybridized carbons (Fsp3) is 0.483. The van der Waals surface area contributed by atoms with Crippen LogP contribution in [0.15, 0.2) is 54.6 Å². The number of fused-ring (bicyclic) bond motifs is 1. The molecule has 2 aromatic rings. The Morgan fingerprint density at radius 2 is 1.77 bits per heavy atom. The summed E-state index contributed by atoms with van der Waals surface area (Å²) < 4.78 is -0.688. The first-order valence-corrected chi connectivity index (χ1v) is 15.6. The normalized spacial score (nSPS) is 28.9. The maximum atomic E-state index is 14.1. The summed E-state index contributed by atoms with van der Waals surface area (Å²) >= 11 is 11.5. The molecule has 3 amide bonds. The van der Waals surface area contributed by atoms with Crippen LogP contribution in [-0.4, -0.2) is 61.7 Å². The van der Waals surface area contributed by atoms with Crippen LogP contribution in [-0.2, 0) is 20.9 Å². The van der Waals surface area contributed by atoms with Crippen molar-refractivity contribution in [3.05, 3.63) is 65.2 Å². The number of halogens is 2. The van der Waals surface area contributed by atoms with Crippen LogP contribution in [0.4, 0.5) is 5.69 Å². The van der Waals surface area contributed by atoms with Crippen LogP contribution in [0.25, 0.3) is 0 Å². The number of amides is 3. The third kappa shape index (κ3) is 5.60. The van der Waals surface area contributed by atoms with Gasteiger partial charge in [0, 0.05) is 40.5 Å². The average molecular weight is 635 g/mol. The molecule has 3 saturated heterocycles. The lowest BCUT2D eigenvalue weighted by Gasteiger charge is -2.35. The van der Waals surface area contributed by atoms with Crippen LogP contribution < -0.4 is 10.6 Å². The molecule has 3 unspecified atom stereocenters. The highest BCUT2D eigenvalue weighted by molar-refractivity contribution is 9.09. The number of carbonyl (C=O) groups excluding carboxylic acids is 3. The molecule has 6 atom stereocenters. The van der Waals surface area contributed by atoms with Crippen molar-refractivity contribution in [1.29, 1.82) is 0 Å². The van der Waals surface area contributed by atoms with Crippen molar-refractivity contribution >= 4 is 62.7 Å². The molecule has 5 rings (SSSR count). The lowest BCUT2D eigenvalue weighted by molar-refractivity contribution is -0.139. The summed E-state index contributed by atoms with van der Waals surface area (Å²) in [6.45, 7) is 0.978. The Balaban J connectivity index is 1.40. The van der Waals surface area contributed by atoms with Crippen LogP contribution in [0.3, 0.4) is 0 Å². The molecule has 3 aliphatic rings. The number of alkyl halides is 1. The quantitative estimate of drug-likeness (QED) is 0.248. The number of carbonyl (C=O) groups is 3. The summed E-state index contributed by atoms with van der Waals surface area (Å²) in [4.78, 5) is 43.4. The van der Waals surface area contributed by atoms with Crippen LogP contribution >= 0.6 is 39.3 Å². The SMILES string of the molecule is O=C(Nc1ccc(Cl)cc1)C1N(CCCCCCO)C(=O)[C@@H]2[C@@H](C(=O)NCc3ccccc3)[C@@H]3SC12CC3Br. The number of hydrogen-bond acceptors (Lipinski definition) is 5. The van der Waals surface area contributed by atoms with Gasteiger partial charge in [0.2, 0.25) is 17.7 Å². The molecule has 2 aromatic carbocycles. The third-order valence-electron chi connectivity index (χ3n) is 8.07. The van der Waals surface area contributed by atoms with Crippen LogP contribution in [0.2, 0.25) is 5.02 Å². The van der Waals surface area contributed by atoms with Crippen molar-refractivity contribution < 1.29 is 19.5 Å². The molecule has 0 radical (unpaired) electrons. The average Bonchev–Trinajstić information content (AvgIpc) is 3.52. The molecule has 3 N–H and O–H groups in total. The van der Waals surface area contributed by atoms with Crippen molar-refractivity contribution in [2.24, 2.45) is 11.8 Å². The molecule has 7 nitrogen and oxygen atoms in total. The standard InChI is InChI=1S/C29H33BrClN3O4S/c30-21-16-29-23(22(24(21)39-29)26(36)32-17-18-8-4-3-5-9-18)28(38)34(14-6-1-2-7-15-35)25(29)27(37)33-20-12-10-19(31)11-13-20/h3-5,8-13,21-25,35H,1-2,6-7,14-17H2,(H,32,36)(H,33,37)/t21?,22-,23+,24-,25?,29?/m1/s1. The number of nitrogens with zero attached hydrogens (tertiary/aromatic N) is 1. The van der Waals surface area contributed by atoms with Gasteiger partial charge in [0.05, 0.1) is 16.6 Å². The highest BCUT2D eigenvalue weighted by Gasteiger charge is 2.75. The summed E-state index contributed by atoms with van der Waals surface area (Å²) in [5.74, 6) is -1.56. The Morgan fingerprint density at radius 3 is 2.49 bits per heavy atom. The number of nitrogens with one attached hydrogen (secondary N) is 2. The number of aliphatic hydroxyl groups is 1. The number of unbranched alkanes of at least 4 members (excludes halogenated alkanes) is 3. The van der Waals surface area contributed by atoms with Crippen molar-refractivity contribution in [2.45, 2.75) is 59.5 Å². The summed E-state index contributed by atoms with van der Waals surface area (Å²) in [6.07, 6.45) is 3.80. The molecule has 208 valence electrons. The number of thioether (sulfide) groups is 1.